The van der Waals surface area contributed by atoms with Gasteiger partial charge in [0, 0.05) is 19.6 Å². The van der Waals surface area contributed by atoms with E-state index in [2.05, 4.69) is 11.3 Å². The van der Waals surface area contributed by atoms with E-state index in [0.29, 0.717) is 26.1 Å². The molecule has 0 aromatic heterocycles. The Bertz CT molecular complexity index is 159. The minimum absolute atomic E-state index is 0.0923. The van der Waals surface area contributed by atoms with Crippen molar-refractivity contribution in [2.75, 3.05) is 33.4 Å². The van der Waals surface area contributed by atoms with Crippen molar-refractivity contribution in [2.45, 2.75) is 6.42 Å². The zero-order valence-electron chi connectivity index (χ0n) is 8.03. The first-order chi connectivity index (χ1) is 6.24. The van der Waals surface area contributed by atoms with Gasteiger partial charge in [0.2, 0.25) is 0 Å². The van der Waals surface area contributed by atoms with Crippen molar-refractivity contribution >= 4 is 5.97 Å². The van der Waals surface area contributed by atoms with Gasteiger partial charge >= 0.3 is 5.97 Å². The molecule has 0 fully saturated rings. The number of hydrogen-bond donors (Lipinski definition) is 1. The summed E-state index contributed by atoms with van der Waals surface area (Å²) in [7, 11) is 1.37. The molecule has 0 saturated heterocycles. The number of ether oxygens (including phenoxy) is 1. The summed E-state index contributed by atoms with van der Waals surface area (Å²) >= 11 is 0. The number of carbonyl (C=O) groups excluding carboxylic acids is 1. The average Bonchev–Trinajstić information content (AvgIpc) is 2.14. The molecule has 0 aliphatic heterocycles. The summed E-state index contributed by atoms with van der Waals surface area (Å²) in [5.74, 6) is -0.230. The van der Waals surface area contributed by atoms with Gasteiger partial charge in [0.1, 0.15) is 0 Å². The van der Waals surface area contributed by atoms with Gasteiger partial charge in [-0.25, -0.2) is 0 Å². The number of aliphatic hydroxyl groups excluding tert-OH is 1. The molecule has 0 aromatic rings. The smallest absolute Gasteiger partial charge is 0.306 e. The third kappa shape index (κ3) is 6.31. The van der Waals surface area contributed by atoms with Crippen molar-refractivity contribution in [3.05, 3.63) is 12.7 Å². The van der Waals surface area contributed by atoms with Gasteiger partial charge in [-0.2, -0.15) is 0 Å². The van der Waals surface area contributed by atoms with Crippen LogP contribution in [0.1, 0.15) is 6.42 Å². The van der Waals surface area contributed by atoms with Crippen LogP contribution in [0.4, 0.5) is 0 Å². The maximum Gasteiger partial charge on any atom is 0.306 e. The fraction of sp³-hybridized carbons (Fsp3) is 0.667. The van der Waals surface area contributed by atoms with E-state index >= 15 is 0 Å². The van der Waals surface area contributed by atoms with Crippen LogP contribution in [-0.4, -0.2) is 49.3 Å². The Morgan fingerprint density at radius 3 is 2.77 bits per heavy atom. The maximum absolute atomic E-state index is 10.8. The molecule has 0 rings (SSSR count). The molecule has 0 bridgehead atoms. The van der Waals surface area contributed by atoms with E-state index in [1.165, 1.54) is 7.11 Å². The first-order valence-corrected chi connectivity index (χ1v) is 4.25. The molecular formula is C9H17NO3. The molecule has 0 spiro atoms. The molecule has 0 unspecified atom stereocenters. The monoisotopic (exact) mass is 187 g/mol. The molecule has 0 aliphatic rings. The third-order valence-corrected chi connectivity index (χ3v) is 1.66. The molecule has 13 heavy (non-hydrogen) atoms. The first kappa shape index (κ1) is 12.1. The van der Waals surface area contributed by atoms with Gasteiger partial charge < -0.3 is 9.84 Å². The molecule has 0 atom stereocenters. The predicted octanol–water partition coefficient (Wildman–Crippen LogP) is 0.0298. The van der Waals surface area contributed by atoms with E-state index in [9.17, 15) is 4.79 Å². The van der Waals surface area contributed by atoms with Crippen molar-refractivity contribution in [2.24, 2.45) is 0 Å². The van der Waals surface area contributed by atoms with Crippen LogP contribution in [0.3, 0.4) is 0 Å². The Morgan fingerprint density at radius 2 is 2.31 bits per heavy atom. The number of hydrogen-bond acceptors (Lipinski definition) is 4. The lowest BCUT2D eigenvalue weighted by molar-refractivity contribution is -0.141. The standard InChI is InChI=1S/C9H17NO3/c1-3-5-10(7-8-11)6-4-9(12)13-2/h3,11H,1,4-8H2,2H3. The number of methoxy groups -OCH3 is 1. The van der Waals surface area contributed by atoms with Gasteiger partial charge in [0.25, 0.3) is 0 Å². The minimum Gasteiger partial charge on any atom is -0.469 e. The Hall–Kier alpha value is -0.870. The van der Waals surface area contributed by atoms with Gasteiger partial charge in [0.15, 0.2) is 0 Å². The van der Waals surface area contributed by atoms with Gasteiger partial charge in [-0.1, -0.05) is 6.08 Å². The van der Waals surface area contributed by atoms with Crippen LogP contribution in [0.5, 0.6) is 0 Å². The third-order valence-electron chi connectivity index (χ3n) is 1.66. The van der Waals surface area contributed by atoms with Gasteiger partial charge in [-0.15, -0.1) is 6.58 Å². The van der Waals surface area contributed by atoms with Crippen LogP contribution >= 0.6 is 0 Å². The molecule has 0 radical (unpaired) electrons. The van der Waals surface area contributed by atoms with Crippen LogP contribution in [0.25, 0.3) is 0 Å². The topological polar surface area (TPSA) is 49.8 Å². The molecule has 4 heteroatoms. The normalized spacial score (nSPS) is 10.1. The summed E-state index contributed by atoms with van der Waals surface area (Å²) in [6.07, 6.45) is 2.09. The molecule has 0 saturated carbocycles. The average molecular weight is 187 g/mol. The highest BCUT2D eigenvalue weighted by molar-refractivity contribution is 5.69. The SMILES string of the molecule is C=CCN(CCO)CCC(=O)OC. The highest BCUT2D eigenvalue weighted by atomic mass is 16.5. The van der Waals surface area contributed by atoms with E-state index in [1.54, 1.807) is 6.08 Å². The summed E-state index contributed by atoms with van der Waals surface area (Å²) in [5, 5.41) is 8.69. The number of esters is 1. The van der Waals surface area contributed by atoms with Crippen LogP contribution < -0.4 is 0 Å². The molecule has 0 amide bonds. The number of nitrogens with zero attached hydrogens (tertiary/aromatic N) is 1. The second-order valence-corrected chi connectivity index (χ2v) is 2.64. The fourth-order valence-corrected chi connectivity index (χ4v) is 0.970. The molecule has 0 heterocycles. The number of carbonyl (C=O) groups is 1. The summed E-state index contributed by atoms with van der Waals surface area (Å²) in [5.41, 5.74) is 0. The van der Waals surface area contributed by atoms with Crippen molar-refractivity contribution in [3.63, 3.8) is 0 Å². The highest BCUT2D eigenvalue weighted by Gasteiger charge is 2.05. The Labute approximate surface area is 78.8 Å². The quantitative estimate of drug-likeness (QED) is 0.451. The van der Waals surface area contributed by atoms with Gasteiger partial charge in [-0.05, 0) is 0 Å². The van der Waals surface area contributed by atoms with Crippen LogP contribution in [-0.2, 0) is 9.53 Å². The lowest BCUT2D eigenvalue weighted by Gasteiger charge is -2.18. The second-order valence-electron chi connectivity index (χ2n) is 2.64. The lowest BCUT2D eigenvalue weighted by Crippen LogP contribution is -2.29. The van der Waals surface area contributed by atoms with E-state index in [4.69, 9.17) is 5.11 Å². The Balaban J connectivity index is 3.67. The molecular weight excluding hydrogens is 170 g/mol. The Kier molecular flexibility index (Phi) is 7.24. The van der Waals surface area contributed by atoms with Crippen LogP contribution in [0, 0.1) is 0 Å². The molecule has 0 aromatic carbocycles. The summed E-state index contributed by atoms with van der Waals surface area (Å²) in [4.78, 5) is 12.7. The maximum atomic E-state index is 10.8. The van der Waals surface area contributed by atoms with E-state index in [0.717, 1.165) is 0 Å². The molecule has 76 valence electrons. The fourth-order valence-electron chi connectivity index (χ4n) is 0.970. The second kappa shape index (κ2) is 7.76. The molecule has 0 aliphatic carbocycles. The zero-order chi connectivity index (χ0) is 10.1. The molecule has 1 N–H and O–H groups in total. The van der Waals surface area contributed by atoms with Crippen LogP contribution in [0.15, 0.2) is 12.7 Å². The number of aliphatic hydroxyl groups is 1. The van der Waals surface area contributed by atoms with Crippen molar-refractivity contribution < 1.29 is 14.6 Å². The van der Waals surface area contributed by atoms with Crippen molar-refractivity contribution in [1.82, 2.24) is 4.90 Å². The van der Waals surface area contributed by atoms with Crippen LogP contribution in [0.2, 0.25) is 0 Å². The predicted molar refractivity (Wildman–Crippen MR) is 50.4 cm³/mol. The minimum atomic E-state index is -0.230. The number of rotatable bonds is 7. The van der Waals surface area contributed by atoms with E-state index in [1.807, 2.05) is 4.90 Å². The van der Waals surface area contributed by atoms with Gasteiger partial charge in [-0.3, -0.25) is 9.69 Å². The largest absolute Gasteiger partial charge is 0.469 e. The highest BCUT2D eigenvalue weighted by Crippen LogP contribution is 1.93. The van der Waals surface area contributed by atoms with Gasteiger partial charge in [0.05, 0.1) is 20.1 Å². The van der Waals surface area contributed by atoms with Crippen molar-refractivity contribution in [1.29, 1.82) is 0 Å². The lowest BCUT2D eigenvalue weighted by atomic mass is 10.3. The summed E-state index contributed by atoms with van der Waals surface area (Å²) in [6, 6.07) is 0. The Morgan fingerprint density at radius 1 is 1.62 bits per heavy atom. The van der Waals surface area contributed by atoms with E-state index < -0.39 is 0 Å². The molecule has 4 nitrogen and oxygen atoms in total. The van der Waals surface area contributed by atoms with Crippen molar-refractivity contribution in [3.8, 4) is 0 Å². The summed E-state index contributed by atoms with van der Waals surface area (Å²) < 4.78 is 4.50. The first-order valence-electron chi connectivity index (χ1n) is 4.25. The summed E-state index contributed by atoms with van der Waals surface area (Å²) in [6.45, 7) is 5.52. The zero-order valence-corrected chi connectivity index (χ0v) is 8.03. The van der Waals surface area contributed by atoms with E-state index in [-0.39, 0.29) is 12.6 Å².